The third-order valence-corrected chi connectivity index (χ3v) is 8.37. The molecule has 1 atom stereocenters. The summed E-state index contributed by atoms with van der Waals surface area (Å²) in [6, 6.07) is 12.2. The molecule has 1 saturated heterocycles. The summed E-state index contributed by atoms with van der Waals surface area (Å²) in [5.41, 5.74) is 5.38. The molecule has 2 aliphatic heterocycles. The van der Waals surface area contributed by atoms with E-state index >= 15 is 0 Å². The topological polar surface area (TPSA) is 95.9 Å². The third kappa shape index (κ3) is 3.83. The zero-order valence-electron chi connectivity index (χ0n) is 20.0. The number of benzene rings is 1. The van der Waals surface area contributed by atoms with E-state index in [2.05, 4.69) is 21.3 Å². The van der Waals surface area contributed by atoms with E-state index < -0.39 is 0 Å². The van der Waals surface area contributed by atoms with Gasteiger partial charge in [-0.15, -0.1) is 11.3 Å². The fourth-order valence-corrected chi connectivity index (χ4v) is 6.64. The number of rotatable bonds is 4. The molecule has 9 heteroatoms. The van der Waals surface area contributed by atoms with Crippen LogP contribution in [-0.2, 0) is 20.0 Å². The highest BCUT2D eigenvalue weighted by molar-refractivity contribution is 7.19. The molecule has 0 radical (unpaired) electrons. The van der Waals surface area contributed by atoms with Gasteiger partial charge in [-0.3, -0.25) is 14.3 Å². The van der Waals surface area contributed by atoms with Crippen molar-refractivity contribution in [1.29, 1.82) is 5.26 Å². The lowest BCUT2D eigenvalue weighted by Crippen LogP contribution is -2.40. The monoisotopic (exact) mass is 498 g/mol. The fourth-order valence-electron chi connectivity index (χ4n) is 5.51. The van der Waals surface area contributed by atoms with Gasteiger partial charge < -0.3 is 14.8 Å². The Labute approximate surface area is 212 Å². The quantitative estimate of drug-likeness (QED) is 0.465. The third-order valence-electron chi connectivity index (χ3n) is 7.23. The molecule has 36 heavy (non-hydrogen) atoms. The van der Waals surface area contributed by atoms with Crippen LogP contribution in [0, 0.1) is 11.3 Å². The van der Waals surface area contributed by atoms with Crippen molar-refractivity contribution in [3.8, 4) is 17.2 Å². The average Bonchev–Trinajstić information content (AvgIpc) is 3.58. The second-order valence-electron chi connectivity index (χ2n) is 9.51. The van der Waals surface area contributed by atoms with E-state index in [0.717, 1.165) is 65.1 Å². The maximum Gasteiger partial charge on any atom is 0.331 e. The van der Waals surface area contributed by atoms with Crippen LogP contribution < -0.4 is 21.5 Å². The highest BCUT2D eigenvalue weighted by Gasteiger charge is 2.30. The summed E-state index contributed by atoms with van der Waals surface area (Å²) in [5, 5.41) is 13.3. The van der Waals surface area contributed by atoms with Crippen LogP contribution in [0.5, 0.6) is 0 Å². The zero-order valence-corrected chi connectivity index (χ0v) is 20.8. The van der Waals surface area contributed by atoms with Gasteiger partial charge in [0.2, 0.25) is 0 Å². The molecule has 0 spiro atoms. The number of nitrogens with one attached hydrogen (secondary N) is 1. The first-order valence-corrected chi connectivity index (χ1v) is 13.0. The van der Waals surface area contributed by atoms with Crippen molar-refractivity contribution < 1.29 is 0 Å². The van der Waals surface area contributed by atoms with Gasteiger partial charge >= 0.3 is 5.69 Å². The van der Waals surface area contributed by atoms with Gasteiger partial charge in [-0.1, -0.05) is 0 Å². The van der Waals surface area contributed by atoms with Crippen LogP contribution in [0.1, 0.15) is 28.8 Å². The molecule has 1 aromatic carbocycles. The van der Waals surface area contributed by atoms with Crippen molar-refractivity contribution in [2.45, 2.75) is 31.8 Å². The van der Waals surface area contributed by atoms with E-state index in [1.54, 1.807) is 24.6 Å². The van der Waals surface area contributed by atoms with Gasteiger partial charge in [0.15, 0.2) is 0 Å². The zero-order chi connectivity index (χ0) is 24.8. The van der Waals surface area contributed by atoms with Gasteiger partial charge in [-0.05, 0) is 55.6 Å². The Morgan fingerprint density at radius 2 is 2.11 bits per heavy atom. The first-order chi connectivity index (χ1) is 17.5. The number of pyridine rings is 1. The molecule has 1 fully saturated rings. The maximum atomic E-state index is 12.6. The van der Waals surface area contributed by atoms with Gasteiger partial charge in [0, 0.05) is 66.3 Å². The number of thiophene rings is 1. The van der Waals surface area contributed by atoms with Gasteiger partial charge in [-0.2, -0.15) is 5.26 Å². The van der Waals surface area contributed by atoms with Crippen LogP contribution in [0.4, 0.5) is 5.69 Å². The molecule has 2 aliphatic rings. The Hall–Kier alpha value is -3.74. The molecule has 5 heterocycles. The summed E-state index contributed by atoms with van der Waals surface area (Å²) >= 11 is 1.55. The lowest BCUT2D eigenvalue weighted by Gasteiger charge is -2.38. The van der Waals surface area contributed by atoms with Gasteiger partial charge in [0.25, 0.3) is 5.56 Å². The second kappa shape index (κ2) is 9.04. The van der Waals surface area contributed by atoms with Crippen molar-refractivity contribution in [3.05, 3.63) is 79.6 Å². The van der Waals surface area contributed by atoms with E-state index in [0.29, 0.717) is 11.6 Å². The van der Waals surface area contributed by atoms with Crippen molar-refractivity contribution in [2.75, 3.05) is 24.5 Å². The number of fused-ring (bicyclic) bond motifs is 2. The van der Waals surface area contributed by atoms with E-state index in [-0.39, 0.29) is 17.8 Å². The van der Waals surface area contributed by atoms with Crippen LogP contribution in [0.3, 0.4) is 0 Å². The Morgan fingerprint density at radius 1 is 1.22 bits per heavy atom. The summed E-state index contributed by atoms with van der Waals surface area (Å²) in [6.07, 6.45) is 6.43. The lowest BCUT2D eigenvalue weighted by molar-refractivity contribution is 0.592. The number of nitrogens with zero attached hydrogens (tertiary/aromatic N) is 5. The van der Waals surface area contributed by atoms with E-state index in [1.165, 1.54) is 32.6 Å². The number of hydrogen-bond acceptors (Lipinski definition) is 7. The minimum Gasteiger partial charge on any atom is -0.366 e. The summed E-state index contributed by atoms with van der Waals surface area (Å²) in [4.78, 5) is 33.0. The van der Waals surface area contributed by atoms with Gasteiger partial charge in [0.1, 0.15) is 0 Å². The summed E-state index contributed by atoms with van der Waals surface area (Å²) < 4.78 is 3.66. The van der Waals surface area contributed by atoms with Crippen LogP contribution >= 0.6 is 11.3 Å². The molecule has 0 amide bonds. The van der Waals surface area contributed by atoms with Crippen molar-refractivity contribution in [2.24, 2.45) is 7.05 Å². The SMILES string of the molecule is Cn1ccc(=O)n(Cc2cc3nccc(-c4cc(C#N)cc5c4N(C4CCNC4)CCC5)c3s2)c1=O. The first-order valence-electron chi connectivity index (χ1n) is 12.2. The number of aryl methyl sites for hydroxylation is 2. The van der Waals surface area contributed by atoms with Crippen molar-refractivity contribution >= 4 is 27.2 Å². The molecule has 1 unspecified atom stereocenters. The average molecular weight is 499 g/mol. The standard InChI is InChI=1S/C27H26N6O2S/c1-31-10-6-24(34)33(27(31)35)16-20-13-23-26(36-20)21(5-8-30-23)22-12-17(14-28)11-18-3-2-9-32(25(18)22)19-4-7-29-15-19/h5-6,8,10-13,19,29H,2-4,7,9,15-16H2,1H3. The normalized spacial score (nSPS) is 17.3. The molecule has 182 valence electrons. The highest BCUT2D eigenvalue weighted by Crippen LogP contribution is 2.43. The van der Waals surface area contributed by atoms with E-state index in [9.17, 15) is 14.9 Å². The van der Waals surface area contributed by atoms with Crippen LogP contribution in [0.25, 0.3) is 21.3 Å². The van der Waals surface area contributed by atoms with Crippen molar-refractivity contribution in [3.63, 3.8) is 0 Å². The Morgan fingerprint density at radius 3 is 2.92 bits per heavy atom. The van der Waals surface area contributed by atoms with Crippen LogP contribution in [0.2, 0.25) is 0 Å². The minimum absolute atomic E-state index is 0.197. The van der Waals surface area contributed by atoms with Gasteiger partial charge in [0.05, 0.1) is 28.4 Å². The summed E-state index contributed by atoms with van der Waals surface area (Å²) in [7, 11) is 1.64. The molecular formula is C27H26N6O2S. The van der Waals surface area contributed by atoms with E-state index in [1.807, 2.05) is 24.3 Å². The first kappa shape index (κ1) is 22.7. The fraction of sp³-hybridized carbons (Fsp3) is 0.333. The van der Waals surface area contributed by atoms with Gasteiger partial charge in [-0.25, -0.2) is 4.79 Å². The predicted molar refractivity (Wildman–Crippen MR) is 142 cm³/mol. The molecule has 1 N–H and O–H groups in total. The number of anilines is 1. The molecular weight excluding hydrogens is 472 g/mol. The maximum absolute atomic E-state index is 12.6. The number of nitriles is 1. The molecule has 8 nitrogen and oxygen atoms in total. The largest absolute Gasteiger partial charge is 0.366 e. The number of hydrogen-bond donors (Lipinski definition) is 1. The lowest BCUT2D eigenvalue weighted by atomic mass is 9.90. The highest BCUT2D eigenvalue weighted by atomic mass is 32.1. The summed E-state index contributed by atoms with van der Waals surface area (Å²) in [6.45, 7) is 3.19. The summed E-state index contributed by atoms with van der Waals surface area (Å²) in [5.74, 6) is 0. The molecule has 0 bridgehead atoms. The molecule has 6 rings (SSSR count). The Balaban J connectivity index is 1.51. The molecule has 4 aromatic rings. The molecule has 0 aliphatic carbocycles. The van der Waals surface area contributed by atoms with E-state index in [4.69, 9.17) is 0 Å². The predicted octanol–water partition coefficient (Wildman–Crippen LogP) is 2.86. The molecule has 0 saturated carbocycles. The minimum atomic E-state index is -0.343. The van der Waals surface area contributed by atoms with Crippen LogP contribution in [0.15, 0.2) is 52.3 Å². The van der Waals surface area contributed by atoms with Crippen molar-refractivity contribution in [1.82, 2.24) is 19.4 Å². The number of aromatic nitrogens is 3. The molecule has 3 aromatic heterocycles. The Kier molecular flexibility index (Phi) is 5.70. The Bertz CT molecular complexity index is 1640. The smallest absolute Gasteiger partial charge is 0.331 e. The second-order valence-corrected chi connectivity index (χ2v) is 10.6. The van der Waals surface area contributed by atoms with Crippen LogP contribution in [-0.4, -0.2) is 39.8 Å².